The Bertz CT molecular complexity index is 491. The molecule has 0 aliphatic carbocycles. The van der Waals surface area contributed by atoms with Crippen LogP contribution in [-0.2, 0) is 4.79 Å². The van der Waals surface area contributed by atoms with Gasteiger partial charge in [0.1, 0.15) is 0 Å². The van der Waals surface area contributed by atoms with E-state index in [0.717, 1.165) is 10.2 Å². The number of benzene rings is 1. The second-order valence-corrected chi connectivity index (χ2v) is 4.20. The Morgan fingerprint density at radius 2 is 1.83 bits per heavy atom. The molecule has 0 saturated heterocycles. The molecule has 0 aliphatic heterocycles. The third-order valence-electron chi connectivity index (χ3n) is 1.83. The summed E-state index contributed by atoms with van der Waals surface area (Å²) in [5, 5.41) is 3.35. The average molecular weight is 266 g/mol. The van der Waals surface area contributed by atoms with Gasteiger partial charge in [-0.05, 0) is 24.6 Å². The average Bonchev–Trinajstić information content (AvgIpc) is 2.74. The molecule has 0 aliphatic rings. The number of aromatic nitrogens is 1. The molecule has 0 unspecified atom stereocenters. The highest BCUT2D eigenvalue weighted by Gasteiger charge is 2.04. The van der Waals surface area contributed by atoms with Gasteiger partial charge in [0, 0.05) is 6.92 Å². The van der Waals surface area contributed by atoms with E-state index in [1.807, 2.05) is 52.8 Å². The molecule has 1 aromatic carbocycles. The summed E-state index contributed by atoms with van der Waals surface area (Å²) < 4.78 is 1.10. The number of hydrogen-bond donors (Lipinski definition) is 1. The molecule has 0 saturated carbocycles. The lowest BCUT2D eigenvalue weighted by molar-refractivity contribution is -0.114. The van der Waals surface area contributed by atoms with E-state index in [0.29, 0.717) is 5.13 Å². The van der Waals surface area contributed by atoms with E-state index in [2.05, 4.69) is 10.3 Å². The second kappa shape index (κ2) is 8.64. The van der Waals surface area contributed by atoms with Crippen molar-refractivity contribution in [2.24, 2.45) is 0 Å². The number of nitrogens with zero attached hydrogens (tertiary/aromatic N) is 1. The number of anilines is 1. The molecule has 100 valence electrons. The van der Waals surface area contributed by atoms with Crippen molar-refractivity contribution < 1.29 is 4.79 Å². The van der Waals surface area contributed by atoms with Crippen molar-refractivity contribution in [2.75, 3.05) is 5.32 Å². The fourth-order valence-corrected chi connectivity index (χ4v) is 2.13. The van der Waals surface area contributed by atoms with E-state index in [-0.39, 0.29) is 5.91 Å². The van der Waals surface area contributed by atoms with E-state index in [4.69, 9.17) is 0 Å². The number of carbonyl (C=O) groups excluding carboxylic acids is 1. The summed E-state index contributed by atoms with van der Waals surface area (Å²) in [6, 6.07) is 6.07. The number of amides is 1. The maximum absolute atomic E-state index is 10.8. The number of hydrogen-bond acceptors (Lipinski definition) is 3. The smallest absolute Gasteiger partial charge is 0.223 e. The number of aryl methyl sites for hydroxylation is 1. The molecule has 1 heterocycles. The van der Waals surface area contributed by atoms with Gasteiger partial charge in [-0.1, -0.05) is 45.1 Å². The van der Waals surface area contributed by atoms with Gasteiger partial charge in [0.2, 0.25) is 5.91 Å². The summed E-state index contributed by atoms with van der Waals surface area (Å²) in [7, 11) is 0. The Hall–Kier alpha value is -1.42. The lowest BCUT2D eigenvalue weighted by Gasteiger charge is -1.91. The van der Waals surface area contributed by atoms with Crippen molar-refractivity contribution in [1.82, 2.24) is 4.98 Å². The van der Waals surface area contributed by atoms with Crippen LogP contribution in [0.15, 0.2) is 18.2 Å². The first-order chi connectivity index (χ1) is 8.65. The molecule has 1 amide bonds. The molecule has 1 N–H and O–H groups in total. The maximum atomic E-state index is 10.8. The van der Waals surface area contributed by atoms with E-state index >= 15 is 0 Å². The molecule has 0 radical (unpaired) electrons. The van der Waals surface area contributed by atoms with Crippen LogP contribution in [0.3, 0.4) is 0 Å². The van der Waals surface area contributed by atoms with Crippen LogP contribution < -0.4 is 5.32 Å². The quantitative estimate of drug-likeness (QED) is 0.818. The van der Waals surface area contributed by atoms with Crippen LogP contribution in [0.2, 0.25) is 0 Å². The summed E-state index contributed by atoms with van der Waals surface area (Å²) in [4.78, 5) is 15.1. The highest BCUT2D eigenvalue weighted by atomic mass is 32.1. The van der Waals surface area contributed by atoms with Crippen LogP contribution in [0.4, 0.5) is 5.13 Å². The predicted molar refractivity (Wildman–Crippen MR) is 81.4 cm³/mol. The van der Waals surface area contributed by atoms with Crippen LogP contribution in [0.5, 0.6) is 0 Å². The van der Waals surface area contributed by atoms with Crippen LogP contribution in [0, 0.1) is 6.92 Å². The molecule has 2 aromatic rings. The van der Waals surface area contributed by atoms with Gasteiger partial charge in [0.15, 0.2) is 5.13 Å². The van der Waals surface area contributed by atoms with Gasteiger partial charge >= 0.3 is 0 Å². The fourth-order valence-electron chi connectivity index (χ4n) is 1.24. The highest BCUT2D eigenvalue weighted by molar-refractivity contribution is 7.22. The van der Waals surface area contributed by atoms with Gasteiger partial charge in [0.05, 0.1) is 10.2 Å². The highest BCUT2D eigenvalue weighted by Crippen LogP contribution is 2.26. The van der Waals surface area contributed by atoms with E-state index in [9.17, 15) is 4.79 Å². The lowest BCUT2D eigenvalue weighted by Crippen LogP contribution is -2.04. The molecule has 0 fully saturated rings. The summed E-state index contributed by atoms with van der Waals surface area (Å²) >= 11 is 1.49. The molecule has 0 bridgehead atoms. The third-order valence-corrected chi connectivity index (χ3v) is 2.78. The minimum absolute atomic E-state index is 0.0826. The lowest BCUT2D eigenvalue weighted by atomic mass is 10.2. The Labute approximate surface area is 113 Å². The molecule has 0 spiro atoms. The Morgan fingerprint density at radius 1 is 1.22 bits per heavy atom. The fraction of sp³-hybridized carbons (Fsp3) is 0.429. The zero-order valence-corrected chi connectivity index (χ0v) is 12.8. The van der Waals surface area contributed by atoms with E-state index in [1.165, 1.54) is 23.8 Å². The molecule has 2 rings (SSSR count). The number of thiazole rings is 1. The number of nitrogens with one attached hydrogen (secondary N) is 1. The Morgan fingerprint density at radius 3 is 2.39 bits per heavy atom. The minimum Gasteiger partial charge on any atom is -0.302 e. The summed E-state index contributed by atoms with van der Waals surface area (Å²) in [6.07, 6.45) is 0. The van der Waals surface area contributed by atoms with Crippen molar-refractivity contribution in [3.05, 3.63) is 23.8 Å². The molecule has 3 nitrogen and oxygen atoms in total. The molecular formula is C14H22N2OS. The number of rotatable bonds is 1. The standard InChI is InChI=1S/C10H10N2OS.2C2H6/c1-6-3-4-9-8(5-6)12-10(14-9)11-7(2)13;2*1-2/h3-5H,1-2H3,(H,11,12,13);2*1-2H3. The first-order valence-corrected chi connectivity index (χ1v) is 7.11. The van der Waals surface area contributed by atoms with Crippen LogP contribution in [0.1, 0.15) is 40.2 Å². The molecule has 0 atom stereocenters. The minimum atomic E-state index is -0.0826. The molecule has 1 aromatic heterocycles. The normalized spacial score (nSPS) is 8.78. The van der Waals surface area contributed by atoms with E-state index < -0.39 is 0 Å². The second-order valence-electron chi connectivity index (χ2n) is 3.17. The van der Waals surface area contributed by atoms with Crippen molar-refractivity contribution in [2.45, 2.75) is 41.5 Å². The Balaban J connectivity index is 0.000000659. The van der Waals surface area contributed by atoms with Gasteiger partial charge < -0.3 is 5.32 Å². The Kier molecular flexibility index (Phi) is 7.96. The summed E-state index contributed by atoms with van der Waals surface area (Å²) in [6.45, 7) is 11.5. The van der Waals surface area contributed by atoms with Gasteiger partial charge in [-0.25, -0.2) is 4.98 Å². The predicted octanol–water partition coefficient (Wildman–Crippen LogP) is 4.62. The van der Waals surface area contributed by atoms with Crippen molar-refractivity contribution in [3.8, 4) is 0 Å². The van der Waals surface area contributed by atoms with Crippen molar-refractivity contribution in [3.63, 3.8) is 0 Å². The van der Waals surface area contributed by atoms with Gasteiger partial charge in [-0.15, -0.1) is 0 Å². The molecule has 4 heteroatoms. The van der Waals surface area contributed by atoms with Crippen LogP contribution in [-0.4, -0.2) is 10.9 Å². The summed E-state index contributed by atoms with van der Waals surface area (Å²) in [5.41, 5.74) is 2.12. The largest absolute Gasteiger partial charge is 0.302 e. The summed E-state index contributed by atoms with van der Waals surface area (Å²) in [5.74, 6) is -0.0826. The SMILES string of the molecule is CC.CC.CC(=O)Nc1nc2cc(C)ccc2s1. The monoisotopic (exact) mass is 266 g/mol. The van der Waals surface area contributed by atoms with E-state index in [1.54, 1.807) is 0 Å². The number of fused-ring (bicyclic) bond motifs is 1. The van der Waals surface area contributed by atoms with Gasteiger partial charge in [-0.3, -0.25) is 4.79 Å². The van der Waals surface area contributed by atoms with Crippen LogP contribution >= 0.6 is 11.3 Å². The third kappa shape index (κ3) is 4.84. The van der Waals surface area contributed by atoms with Crippen molar-refractivity contribution >= 4 is 32.6 Å². The topological polar surface area (TPSA) is 42.0 Å². The number of carbonyl (C=O) groups is 1. The molecular weight excluding hydrogens is 244 g/mol. The first-order valence-electron chi connectivity index (χ1n) is 6.30. The van der Waals surface area contributed by atoms with Crippen LogP contribution in [0.25, 0.3) is 10.2 Å². The first kappa shape index (κ1) is 16.6. The van der Waals surface area contributed by atoms with Gasteiger partial charge in [-0.2, -0.15) is 0 Å². The maximum Gasteiger partial charge on any atom is 0.223 e. The zero-order chi connectivity index (χ0) is 14.1. The molecule has 18 heavy (non-hydrogen) atoms. The van der Waals surface area contributed by atoms with Gasteiger partial charge in [0.25, 0.3) is 0 Å². The van der Waals surface area contributed by atoms with Crippen molar-refractivity contribution in [1.29, 1.82) is 0 Å². The zero-order valence-electron chi connectivity index (χ0n) is 12.0.